The maximum absolute atomic E-state index is 15.0. The van der Waals surface area contributed by atoms with Crippen LogP contribution in [0.4, 0.5) is 4.39 Å². The molecular weight excluding hydrogens is 413 g/mol. The number of dihydropyridines is 1. The van der Waals surface area contributed by atoms with Crippen molar-refractivity contribution >= 4 is 17.7 Å². The van der Waals surface area contributed by atoms with Crippen molar-refractivity contribution in [3.05, 3.63) is 58.2 Å². The van der Waals surface area contributed by atoms with Crippen molar-refractivity contribution in [2.45, 2.75) is 58.0 Å². The van der Waals surface area contributed by atoms with Gasteiger partial charge in [0, 0.05) is 22.5 Å². The molecule has 0 amide bonds. The summed E-state index contributed by atoms with van der Waals surface area (Å²) >= 11 is 0. The minimum absolute atomic E-state index is 0.177. The Bertz CT molecular complexity index is 1020. The molecule has 1 aromatic rings. The molecule has 4 rings (SSSR count). The molecule has 1 aliphatic heterocycles. The molecule has 0 spiro atoms. The summed E-state index contributed by atoms with van der Waals surface area (Å²) in [5.74, 6) is -4.38. The van der Waals surface area contributed by atoms with Crippen LogP contribution in [0.1, 0.15) is 57.4 Å². The molecule has 32 heavy (non-hydrogen) atoms. The normalized spacial score (nSPS) is 26.0. The fraction of sp³-hybridized carbons (Fsp3) is 0.480. The smallest absolute Gasteiger partial charge is 0.337 e. The van der Waals surface area contributed by atoms with Crippen molar-refractivity contribution in [1.82, 2.24) is 5.32 Å². The van der Waals surface area contributed by atoms with E-state index < -0.39 is 35.4 Å². The fourth-order valence-electron chi connectivity index (χ4n) is 5.19. The van der Waals surface area contributed by atoms with Crippen molar-refractivity contribution < 1.29 is 28.2 Å². The molecule has 0 unspecified atom stereocenters. The molecule has 170 valence electrons. The van der Waals surface area contributed by atoms with Gasteiger partial charge in [-0.1, -0.05) is 25.1 Å². The van der Waals surface area contributed by atoms with Crippen molar-refractivity contribution in [3.63, 3.8) is 0 Å². The van der Waals surface area contributed by atoms with Gasteiger partial charge in [0.1, 0.15) is 17.8 Å². The Morgan fingerprint density at radius 2 is 1.84 bits per heavy atom. The summed E-state index contributed by atoms with van der Waals surface area (Å²) in [6, 6.07) is 6.11. The van der Waals surface area contributed by atoms with Crippen LogP contribution in [-0.2, 0) is 23.9 Å². The molecule has 1 saturated carbocycles. The molecule has 3 aliphatic rings. The lowest BCUT2D eigenvalue weighted by molar-refractivity contribution is -0.151. The van der Waals surface area contributed by atoms with Crippen LogP contribution in [0.3, 0.4) is 0 Å². The number of benzene rings is 1. The second-order valence-corrected chi connectivity index (χ2v) is 8.87. The molecule has 3 atom stereocenters. The Labute approximate surface area is 186 Å². The topological polar surface area (TPSA) is 81.7 Å². The number of rotatable bonds is 4. The number of ketones is 1. The summed E-state index contributed by atoms with van der Waals surface area (Å²) in [7, 11) is 1.24. The highest BCUT2D eigenvalue weighted by Gasteiger charge is 2.48. The highest BCUT2D eigenvalue weighted by atomic mass is 19.1. The lowest BCUT2D eigenvalue weighted by Gasteiger charge is -2.38. The largest absolute Gasteiger partial charge is 0.468 e. The number of hydrogen-bond acceptors (Lipinski definition) is 6. The fourth-order valence-corrected chi connectivity index (χ4v) is 5.19. The molecule has 0 aromatic heterocycles. The quantitative estimate of drug-likeness (QED) is 0.563. The Morgan fingerprint density at radius 1 is 1.16 bits per heavy atom. The van der Waals surface area contributed by atoms with Gasteiger partial charge in [-0.2, -0.15) is 0 Å². The van der Waals surface area contributed by atoms with Crippen molar-refractivity contribution in [1.29, 1.82) is 0 Å². The highest BCUT2D eigenvalue weighted by molar-refractivity contribution is 6.12. The summed E-state index contributed by atoms with van der Waals surface area (Å²) in [5.41, 5.74) is 1.83. The van der Waals surface area contributed by atoms with E-state index in [4.69, 9.17) is 9.47 Å². The minimum atomic E-state index is -1.000. The number of ether oxygens (including phenoxy) is 2. The van der Waals surface area contributed by atoms with E-state index in [1.807, 2.05) is 6.92 Å². The molecule has 7 heteroatoms. The molecule has 1 heterocycles. The van der Waals surface area contributed by atoms with Crippen LogP contribution in [-0.4, -0.2) is 30.9 Å². The Balaban J connectivity index is 1.82. The van der Waals surface area contributed by atoms with Crippen LogP contribution in [0, 0.1) is 17.7 Å². The summed E-state index contributed by atoms with van der Waals surface area (Å²) in [5, 5.41) is 3.19. The molecule has 1 N–H and O–H groups in total. The molecular formula is C25H28FNO5. The van der Waals surface area contributed by atoms with Gasteiger partial charge in [-0.25, -0.2) is 9.18 Å². The molecule has 0 radical (unpaired) electrons. The number of halogens is 1. The van der Waals surface area contributed by atoms with Crippen molar-refractivity contribution in [2.75, 3.05) is 7.11 Å². The van der Waals surface area contributed by atoms with Gasteiger partial charge in [-0.3, -0.25) is 9.59 Å². The SMILES string of the molecule is COC(=O)[C@H]1C(=O)C2=C(C[C@@H]1C)NC(C)=C(C(=O)OC1CCCC1)[C@@H]2c1ccccc1F. The van der Waals surface area contributed by atoms with E-state index in [1.54, 1.807) is 25.1 Å². The monoisotopic (exact) mass is 441 g/mol. The first-order valence-corrected chi connectivity index (χ1v) is 11.1. The minimum Gasteiger partial charge on any atom is -0.468 e. The van der Waals surface area contributed by atoms with E-state index >= 15 is 4.39 Å². The van der Waals surface area contributed by atoms with Gasteiger partial charge >= 0.3 is 11.9 Å². The molecule has 0 saturated heterocycles. The van der Waals surface area contributed by atoms with E-state index in [-0.39, 0.29) is 28.7 Å². The summed E-state index contributed by atoms with van der Waals surface area (Å²) in [6.07, 6.45) is 3.82. The third-order valence-corrected chi connectivity index (χ3v) is 6.76. The van der Waals surface area contributed by atoms with Gasteiger partial charge < -0.3 is 14.8 Å². The molecule has 1 fully saturated rings. The van der Waals surface area contributed by atoms with Crippen LogP contribution >= 0.6 is 0 Å². The first kappa shape index (κ1) is 22.2. The number of Topliss-reactive ketones (excluding diaryl/α,β-unsaturated/α-hetero) is 1. The Morgan fingerprint density at radius 3 is 2.50 bits per heavy atom. The predicted octanol–water partition coefficient (Wildman–Crippen LogP) is 3.92. The zero-order valence-corrected chi connectivity index (χ0v) is 18.6. The molecule has 0 bridgehead atoms. The van der Waals surface area contributed by atoms with E-state index in [0.717, 1.165) is 25.7 Å². The van der Waals surface area contributed by atoms with Gasteiger partial charge in [-0.05, 0) is 51.0 Å². The van der Waals surface area contributed by atoms with Gasteiger partial charge in [0.25, 0.3) is 0 Å². The standard InChI is InChI=1S/C25H28FNO5/c1-13-12-18-22(23(28)19(13)24(29)31-3)21(16-10-6-7-11-17(16)26)20(14(2)27-18)25(30)32-15-8-4-5-9-15/h6-7,10-11,13,15,19,21,27H,4-5,8-9,12H2,1-3H3/t13-,19+,21-/m0/s1. The lowest BCUT2D eigenvalue weighted by atomic mass is 9.69. The van der Waals surface area contributed by atoms with Crippen LogP contribution in [0.2, 0.25) is 0 Å². The highest BCUT2D eigenvalue weighted by Crippen LogP contribution is 2.46. The zero-order valence-electron chi connectivity index (χ0n) is 18.6. The lowest BCUT2D eigenvalue weighted by Crippen LogP contribution is -2.43. The number of allylic oxidation sites excluding steroid dienone is 3. The van der Waals surface area contributed by atoms with Crippen molar-refractivity contribution in [2.24, 2.45) is 11.8 Å². The average molecular weight is 441 g/mol. The Hall–Kier alpha value is -2.96. The van der Waals surface area contributed by atoms with E-state index in [0.29, 0.717) is 17.8 Å². The summed E-state index contributed by atoms with van der Waals surface area (Å²) in [6.45, 7) is 3.55. The van der Waals surface area contributed by atoms with Crippen molar-refractivity contribution in [3.8, 4) is 0 Å². The predicted molar refractivity (Wildman–Crippen MR) is 115 cm³/mol. The summed E-state index contributed by atoms with van der Waals surface area (Å²) in [4.78, 5) is 39.3. The molecule has 2 aliphatic carbocycles. The van der Waals surface area contributed by atoms with Crippen LogP contribution in [0.5, 0.6) is 0 Å². The number of carbonyl (C=O) groups excluding carboxylic acids is 3. The number of nitrogens with one attached hydrogen (secondary N) is 1. The first-order valence-electron chi connectivity index (χ1n) is 11.1. The van der Waals surface area contributed by atoms with Crippen LogP contribution in [0.25, 0.3) is 0 Å². The number of methoxy groups -OCH3 is 1. The molecule has 1 aromatic carbocycles. The Kier molecular flexibility index (Phi) is 6.17. The third kappa shape index (κ3) is 3.85. The first-order chi connectivity index (χ1) is 15.3. The second kappa shape index (κ2) is 8.88. The van der Waals surface area contributed by atoms with Crippen LogP contribution < -0.4 is 5.32 Å². The van der Waals surface area contributed by atoms with Crippen LogP contribution in [0.15, 0.2) is 46.8 Å². The van der Waals surface area contributed by atoms with Gasteiger partial charge in [0.15, 0.2) is 5.78 Å². The average Bonchev–Trinajstić information content (AvgIpc) is 3.25. The third-order valence-electron chi connectivity index (χ3n) is 6.76. The van der Waals surface area contributed by atoms with Gasteiger partial charge in [0.05, 0.1) is 18.6 Å². The number of hydrogen-bond donors (Lipinski definition) is 1. The number of carbonyl (C=O) groups is 3. The number of esters is 2. The molecule has 6 nitrogen and oxygen atoms in total. The van der Waals surface area contributed by atoms with E-state index in [9.17, 15) is 14.4 Å². The van der Waals surface area contributed by atoms with E-state index in [2.05, 4.69) is 5.32 Å². The maximum Gasteiger partial charge on any atom is 0.337 e. The maximum atomic E-state index is 15.0. The summed E-state index contributed by atoms with van der Waals surface area (Å²) < 4.78 is 25.6. The zero-order chi connectivity index (χ0) is 23.0. The van der Waals surface area contributed by atoms with E-state index in [1.165, 1.54) is 13.2 Å². The second-order valence-electron chi connectivity index (χ2n) is 8.87. The van der Waals surface area contributed by atoms with Gasteiger partial charge in [-0.15, -0.1) is 0 Å². The van der Waals surface area contributed by atoms with Gasteiger partial charge in [0.2, 0.25) is 0 Å².